The number of pyridine rings is 1. The minimum atomic E-state index is -0.0559. The van der Waals surface area contributed by atoms with Gasteiger partial charge in [-0.2, -0.15) is 0 Å². The van der Waals surface area contributed by atoms with E-state index in [1.54, 1.807) is 24.5 Å². The van der Waals surface area contributed by atoms with Crippen LogP contribution in [0.4, 0.5) is 0 Å². The maximum absolute atomic E-state index is 12.0. The summed E-state index contributed by atoms with van der Waals surface area (Å²) >= 11 is 0. The molecule has 5 heteroatoms. The number of carbonyl (C=O) groups is 1. The topological polar surface area (TPSA) is 57.3 Å². The summed E-state index contributed by atoms with van der Waals surface area (Å²) < 4.78 is 0. The third kappa shape index (κ3) is 5.78. The molecule has 0 radical (unpaired) electrons. The number of hydrogen-bond acceptors (Lipinski definition) is 4. The number of unbranched alkanes of at least 4 members (excludes halogenated alkanes) is 1. The van der Waals surface area contributed by atoms with Gasteiger partial charge >= 0.3 is 0 Å². The van der Waals surface area contributed by atoms with E-state index in [1.165, 1.54) is 16.3 Å². The maximum atomic E-state index is 12.0. The molecule has 0 bridgehead atoms. The maximum Gasteiger partial charge on any atom is 0.243 e. The van der Waals surface area contributed by atoms with Gasteiger partial charge in [0.15, 0.2) is 0 Å². The fourth-order valence-electron chi connectivity index (χ4n) is 4.22. The lowest BCUT2D eigenvalue weighted by molar-refractivity contribution is -0.116. The summed E-state index contributed by atoms with van der Waals surface area (Å²) in [5, 5.41) is 9.18. The smallest absolute Gasteiger partial charge is 0.243 e. The summed E-state index contributed by atoms with van der Waals surface area (Å²) in [5.74, 6) is -0.0559. The van der Waals surface area contributed by atoms with E-state index < -0.39 is 0 Å². The van der Waals surface area contributed by atoms with E-state index in [0.717, 1.165) is 44.6 Å². The summed E-state index contributed by atoms with van der Waals surface area (Å²) in [6.07, 6.45) is 8.86. The summed E-state index contributed by atoms with van der Waals surface area (Å²) in [4.78, 5) is 18.6. The van der Waals surface area contributed by atoms with Crippen molar-refractivity contribution in [2.45, 2.75) is 18.9 Å². The van der Waals surface area contributed by atoms with Crippen LogP contribution in [0, 0.1) is 0 Å². The first-order chi connectivity index (χ1) is 15.3. The zero-order chi connectivity index (χ0) is 21.3. The van der Waals surface area contributed by atoms with E-state index in [4.69, 9.17) is 0 Å². The van der Waals surface area contributed by atoms with E-state index in [2.05, 4.69) is 63.0 Å². The molecule has 1 aliphatic rings. The van der Waals surface area contributed by atoms with Gasteiger partial charge in [-0.1, -0.05) is 48.5 Å². The number of aromatic nitrogens is 1. The predicted molar refractivity (Wildman–Crippen MR) is 127 cm³/mol. The van der Waals surface area contributed by atoms with E-state index in [0.29, 0.717) is 12.6 Å². The Morgan fingerprint density at radius 3 is 2.94 bits per heavy atom. The second-order valence-electron chi connectivity index (χ2n) is 7.94. The average molecular weight is 415 g/mol. The van der Waals surface area contributed by atoms with Crippen molar-refractivity contribution in [3.8, 4) is 0 Å². The Bertz CT molecular complexity index is 1010. The van der Waals surface area contributed by atoms with Gasteiger partial charge in [-0.05, 0) is 53.4 Å². The van der Waals surface area contributed by atoms with Gasteiger partial charge in [-0.15, -0.1) is 0 Å². The number of fused-ring (bicyclic) bond motifs is 1. The molecular formula is C26H30N4O. The Balaban J connectivity index is 1.26. The molecule has 160 valence electrons. The van der Waals surface area contributed by atoms with E-state index in [1.807, 2.05) is 12.1 Å². The lowest BCUT2D eigenvalue weighted by atomic mass is 9.96. The van der Waals surface area contributed by atoms with Gasteiger partial charge in [0.25, 0.3) is 0 Å². The highest BCUT2D eigenvalue weighted by atomic mass is 16.1. The summed E-state index contributed by atoms with van der Waals surface area (Å²) in [5.41, 5.74) is 2.33. The van der Waals surface area contributed by atoms with Crippen molar-refractivity contribution in [3.63, 3.8) is 0 Å². The van der Waals surface area contributed by atoms with Crippen molar-refractivity contribution >= 4 is 22.8 Å². The van der Waals surface area contributed by atoms with E-state index in [-0.39, 0.29) is 5.91 Å². The van der Waals surface area contributed by atoms with E-state index >= 15 is 0 Å². The third-order valence-electron chi connectivity index (χ3n) is 5.82. The van der Waals surface area contributed by atoms with Gasteiger partial charge in [0, 0.05) is 50.7 Å². The second-order valence-corrected chi connectivity index (χ2v) is 7.94. The van der Waals surface area contributed by atoms with Crippen molar-refractivity contribution in [2.75, 3.05) is 32.7 Å². The molecule has 1 saturated heterocycles. The first-order valence-electron chi connectivity index (χ1n) is 11.1. The molecule has 31 heavy (non-hydrogen) atoms. The van der Waals surface area contributed by atoms with Gasteiger partial charge in [0.2, 0.25) is 5.91 Å². The van der Waals surface area contributed by atoms with Crippen LogP contribution < -0.4 is 10.6 Å². The molecule has 1 unspecified atom stereocenters. The number of piperazine rings is 1. The first-order valence-corrected chi connectivity index (χ1v) is 11.1. The number of amides is 1. The highest BCUT2D eigenvalue weighted by molar-refractivity contribution is 5.91. The van der Waals surface area contributed by atoms with Crippen LogP contribution in [0.25, 0.3) is 16.8 Å². The van der Waals surface area contributed by atoms with Gasteiger partial charge in [-0.3, -0.25) is 14.7 Å². The molecule has 4 rings (SSSR count). The van der Waals surface area contributed by atoms with Crippen LogP contribution in [-0.4, -0.2) is 48.5 Å². The number of nitrogens with one attached hydrogen (secondary N) is 2. The van der Waals surface area contributed by atoms with Crippen LogP contribution in [0.1, 0.15) is 30.0 Å². The molecule has 2 aromatic carbocycles. The molecule has 0 aliphatic carbocycles. The van der Waals surface area contributed by atoms with Crippen LogP contribution >= 0.6 is 0 Å². The Hall–Kier alpha value is -3.02. The molecule has 1 aliphatic heterocycles. The molecular weight excluding hydrogens is 384 g/mol. The molecule has 2 N–H and O–H groups in total. The second kappa shape index (κ2) is 10.8. The monoisotopic (exact) mass is 414 g/mol. The van der Waals surface area contributed by atoms with Crippen molar-refractivity contribution < 1.29 is 4.79 Å². The lowest BCUT2D eigenvalue weighted by Gasteiger charge is -2.37. The standard InChI is InChI=1S/C26H30N4O/c31-26(13-12-21-7-6-14-27-19-21)29-15-3-4-17-30-18-16-28-20-25(30)24-11-5-9-22-8-1-2-10-23(22)24/h1-2,5-14,19,25,28H,3-4,15-18,20H2,(H,29,31). The molecule has 1 atom stereocenters. The van der Waals surface area contributed by atoms with Crippen molar-refractivity contribution in [1.82, 2.24) is 20.5 Å². The van der Waals surface area contributed by atoms with Crippen LogP contribution in [0.15, 0.2) is 73.1 Å². The van der Waals surface area contributed by atoms with Crippen LogP contribution in [0.2, 0.25) is 0 Å². The number of nitrogens with zero attached hydrogens (tertiary/aromatic N) is 2. The van der Waals surface area contributed by atoms with Crippen LogP contribution in [-0.2, 0) is 4.79 Å². The number of benzene rings is 2. The van der Waals surface area contributed by atoms with Gasteiger partial charge < -0.3 is 10.6 Å². The Morgan fingerprint density at radius 1 is 1.13 bits per heavy atom. The van der Waals surface area contributed by atoms with Crippen LogP contribution in [0.5, 0.6) is 0 Å². The molecule has 5 nitrogen and oxygen atoms in total. The minimum Gasteiger partial charge on any atom is -0.353 e. The lowest BCUT2D eigenvalue weighted by Crippen LogP contribution is -2.46. The summed E-state index contributed by atoms with van der Waals surface area (Å²) in [7, 11) is 0. The number of rotatable bonds is 8. The van der Waals surface area contributed by atoms with E-state index in [9.17, 15) is 4.79 Å². The largest absolute Gasteiger partial charge is 0.353 e. The molecule has 3 aromatic rings. The molecule has 1 amide bonds. The Labute approximate surface area is 184 Å². The molecule has 0 saturated carbocycles. The third-order valence-corrected chi connectivity index (χ3v) is 5.82. The Morgan fingerprint density at radius 2 is 2.03 bits per heavy atom. The van der Waals surface area contributed by atoms with Crippen molar-refractivity contribution in [1.29, 1.82) is 0 Å². The van der Waals surface area contributed by atoms with Gasteiger partial charge in [0.05, 0.1) is 0 Å². The average Bonchev–Trinajstić information content (AvgIpc) is 2.83. The minimum absolute atomic E-state index is 0.0559. The Kier molecular flexibility index (Phi) is 7.42. The number of carbonyl (C=O) groups excluding carboxylic acids is 1. The zero-order valence-corrected chi connectivity index (χ0v) is 17.8. The van der Waals surface area contributed by atoms with Crippen molar-refractivity contribution in [3.05, 3.63) is 84.2 Å². The fraction of sp³-hybridized carbons (Fsp3) is 0.308. The van der Waals surface area contributed by atoms with Crippen molar-refractivity contribution in [2.24, 2.45) is 0 Å². The summed E-state index contributed by atoms with van der Waals surface area (Å²) in [6, 6.07) is 19.4. The first kappa shape index (κ1) is 21.2. The highest BCUT2D eigenvalue weighted by Gasteiger charge is 2.24. The summed E-state index contributed by atoms with van der Waals surface area (Å²) in [6.45, 7) is 4.79. The molecule has 1 fully saturated rings. The zero-order valence-electron chi connectivity index (χ0n) is 17.8. The molecule has 2 heterocycles. The highest BCUT2D eigenvalue weighted by Crippen LogP contribution is 2.29. The van der Waals surface area contributed by atoms with Gasteiger partial charge in [-0.25, -0.2) is 0 Å². The molecule has 1 aromatic heterocycles. The van der Waals surface area contributed by atoms with Crippen LogP contribution in [0.3, 0.4) is 0 Å². The number of hydrogen-bond donors (Lipinski definition) is 2. The normalized spacial score (nSPS) is 17.2. The predicted octanol–water partition coefficient (Wildman–Crippen LogP) is 3.79. The molecule has 0 spiro atoms. The quantitative estimate of drug-likeness (QED) is 0.435. The van der Waals surface area contributed by atoms with Gasteiger partial charge in [0.1, 0.15) is 0 Å². The fourth-order valence-corrected chi connectivity index (χ4v) is 4.22. The SMILES string of the molecule is O=C(C=Cc1cccnc1)NCCCCN1CCNCC1c1cccc2ccccc12.